The van der Waals surface area contributed by atoms with Crippen LogP contribution >= 0.6 is 0 Å². The van der Waals surface area contributed by atoms with Gasteiger partial charge in [0, 0.05) is 38.0 Å². The largest absolute Gasteiger partial charge is 0.376 e. The normalized spacial score (nSPS) is 21.8. The molecule has 1 aliphatic rings. The Morgan fingerprint density at radius 2 is 2.38 bits per heavy atom. The number of methoxy groups -OCH3 is 1. The second kappa shape index (κ2) is 4.76. The highest BCUT2D eigenvalue weighted by Crippen LogP contribution is 2.40. The molecule has 0 fully saturated rings. The van der Waals surface area contributed by atoms with Crippen molar-refractivity contribution in [3.63, 3.8) is 0 Å². The Morgan fingerprint density at radius 1 is 1.56 bits per heavy atom. The van der Waals surface area contributed by atoms with Crippen LogP contribution in [0.25, 0.3) is 5.57 Å². The van der Waals surface area contributed by atoms with E-state index in [0.29, 0.717) is 0 Å². The number of likely N-dealkylation sites (N-methyl/N-ethyl adjacent to an activating group) is 1. The van der Waals surface area contributed by atoms with Crippen LogP contribution in [0, 0.1) is 0 Å². The molecule has 0 N–H and O–H groups in total. The number of hydrogen-bond donors (Lipinski definition) is 0. The topological polar surface area (TPSA) is 25.4 Å². The van der Waals surface area contributed by atoms with Crippen molar-refractivity contribution in [2.24, 2.45) is 0 Å². The van der Waals surface area contributed by atoms with Gasteiger partial charge in [-0.25, -0.2) is 0 Å². The Morgan fingerprint density at radius 3 is 3.06 bits per heavy atom. The van der Waals surface area contributed by atoms with E-state index in [1.165, 1.54) is 16.7 Å². The van der Waals surface area contributed by atoms with E-state index >= 15 is 0 Å². The molecular weight excluding hydrogens is 200 g/mol. The zero-order valence-electron chi connectivity index (χ0n) is 10.1. The van der Waals surface area contributed by atoms with Crippen molar-refractivity contribution in [1.29, 1.82) is 0 Å². The van der Waals surface area contributed by atoms with Crippen molar-refractivity contribution in [1.82, 2.24) is 9.88 Å². The van der Waals surface area contributed by atoms with Gasteiger partial charge in [0.2, 0.25) is 0 Å². The molecule has 0 amide bonds. The number of ether oxygens (including phenoxy) is 1. The van der Waals surface area contributed by atoms with Crippen LogP contribution in [0.1, 0.15) is 23.7 Å². The summed E-state index contributed by atoms with van der Waals surface area (Å²) in [5.74, 6) is 0. The first kappa shape index (κ1) is 11.3. The van der Waals surface area contributed by atoms with Gasteiger partial charge >= 0.3 is 0 Å². The molecule has 3 nitrogen and oxygen atoms in total. The smallest absolute Gasteiger partial charge is 0.0868 e. The van der Waals surface area contributed by atoms with E-state index < -0.39 is 0 Å². The first-order chi connectivity index (χ1) is 7.72. The Bertz CT molecular complexity index is 399. The molecular formula is C13H18N2O. The third-order valence-corrected chi connectivity index (χ3v) is 2.94. The quantitative estimate of drug-likeness (QED) is 0.777. The molecule has 0 spiro atoms. The second-order valence-corrected chi connectivity index (χ2v) is 4.38. The van der Waals surface area contributed by atoms with Gasteiger partial charge in [-0.2, -0.15) is 0 Å². The molecule has 1 atom stereocenters. The third-order valence-electron chi connectivity index (χ3n) is 2.94. The average molecular weight is 218 g/mol. The lowest BCUT2D eigenvalue weighted by atomic mass is 10.1. The number of rotatable bonds is 3. The van der Waals surface area contributed by atoms with Crippen molar-refractivity contribution >= 4 is 5.57 Å². The lowest BCUT2D eigenvalue weighted by molar-refractivity contribution is 0.112. The van der Waals surface area contributed by atoms with Crippen molar-refractivity contribution in [2.75, 3.05) is 27.7 Å². The fourth-order valence-corrected chi connectivity index (χ4v) is 2.07. The molecule has 1 unspecified atom stereocenters. The minimum atomic E-state index is 0.200. The van der Waals surface area contributed by atoms with Crippen LogP contribution in [0.3, 0.4) is 0 Å². The van der Waals surface area contributed by atoms with E-state index in [2.05, 4.69) is 36.1 Å². The van der Waals surface area contributed by atoms with Gasteiger partial charge in [0.15, 0.2) is 0 Å². The summed E-state index contributed by atoms with van der Waals surface area (Å²) in [4.78, 5) is 6.35. The van der Waals surface area contributed by atoms with Crippen LogP contribution in [0.4, 0.5) is 0 Å². The van der Waals surface area contributed by atoms with Gasteiger partial charge in [-0.1, -0.05) is 6.08 Å². The van der Waals surface area contributed by atoms with E-state index in [4.69, 9.17) is 4.74 Å². The Balaban J connectivity index is 2.29. The van der Waals surface area contributed by atoms with Crippen molar-refractivity contribution in [2.45, 2.75) is 12.5 Å². The van der Waals surface area contributed by atoms with Gasteiger partial charge in [0.05, 0.1) is 6.10 Å². The van der Waals surface area contributed by atoms with Crippen molar-refractivity contribution in [3.05, 3.63) is 35.7 Å². The lowest BCUT2D eigenvalue weighted by Crippen LogP contribution is -2.10. The molecule has 16 heavy (non-hydrogen) atoms. The molecule has 0 aromatic carbocycles. The maximum Gasteiger partial charge on any atom is 0.0868 e. The molecule has 0 saturated carbocycles. The summed E-state index contributed by atoms with van der Waals surface area (Å²) in [7, 11) is 5.91. The molecule has 0 saturated heterocycles. The van der Waals surface area contributed by atoms with Crippen LogP contribution in [0.5, 0.6) is 0 Å². The third kappa shape index (κ3) is 2.15. The van der Waals surface area contributed by atoms with Crippen LogP contribution in [0.15, 0.2) is 24.5 Å². The van der Waals surface area contributed by atoms with Gasteiger partial charge in [-0.15, -0.1) is 0 Å². The molecule has 3 heteroatoms. The predicted molar refractivity (Wildman–Crippen MR) is 65.1 cm³/mol. The zero-order valence-corrected chi connectivity index (χ0v) is 10.1. The first-order valence-electron chi connectivity index (χ1n) is 5.53. The molecule has 1 aromatic rings. The molecule has 1 heterocycles. The summed E-state index contributed by atoms with van der Waals surface area (Å²) >= 11 is 0. The van der Waals surface area contributed by atoms with E-state index in [1.54, 1.807) is 7.11 Å². The Labute approximate surface area is 96.7 Å². The Kier molecular flexibility index (Phi) is 3.36. The number of aromatic nitrogens is 1. The second-order valence-electron chi connectivity index (χ2n) is 4.38. The molecule has 1 aliphatic carbocycles. The van der Waals surface area contributed by atoms with Crippen LogP contribution < -0.4 is 0 Å². The van der Waals surface area contributed by atoms with E-state index in [9.17, 15) is 0 Å². The summed E-state index contributed by atoms with van der Waals surface area (Å²) in [6.07, 6.45) is 7.20. The summed E-state index contributed by atoms with van der Waals surface area (Å²) < 4.78 is 5.49. The standard InChI is InChI=1S/C13H18N2O/c1-15(2)7-5-10-8-13(16-3)11-4-6-14-9-12(10)11/h4-6,9,13H,7-8H2,1-3H3/b10-5+. The van der Waals surface area contributed by atoms with Crippen LogP contribution in [-0.2, 0) is 4.74 Å². The van der Waals surface area contributed by atoms with Crippen molar-refractivity contribution < 1.29 is 4.74 Å². The van der Waals surface area contributed by atoms with Crippen LogP contribution in [-0.4, -0.2) is 37.6 Å². The maximum atomic E-state index is 5.49. The van der Waals surface area contributed by atoms with Gasteiger partial charge in [-0.05, 0) is 31.3 Å². The number of hydrogen-bond acceptors (Lipinski definition) is 3. The highest BCUT2D eigenvalue weighted by molar-refractivity contribution is 5.73. The number of pyridine rings is 1. The highest BCUT2D eigenvalue weighted by atomic mass is 16.5. The number of nitrogens with zero attached hydrogens (tertiary/aromatic N) is 2. The van der Waals surface area contributed by atoms with E-state index in [-0.39, 0.29) is 6.10 Å². The molecule has 0 bridgehead atoms. The predicted octanol–water partition coefficient (Wildman–Crippen LogP) is 2.12. The van der Waals surface area contributed by atoms with Gasteiger partial charge < -0.3 is 9.64 Å². The SMILES string of the molecule is COC1C/C(=C\CN(C)C)c2cnccc21. The summed E-state index contributed by atoms with van der Waals surface area (Å²) in [5, 5.41) is 0. The summed E-state index contributed by atoms with van der Waals surface area (Å²) in [5.41, 5.74) is 3.86. The van der Waals surface area contributed by atoms with Crippen LogP contribution in [0.2, 0.25) is 0 Å². The monoisotopic (exact) mass is 218 g/mol. The molecule has 2 rings (SSSR count). The maximum absolute atomic E-state index is 5.49. The lowest BCUT2D eigenvalue weighted by Gasteiger charge is -2.07. The molecule has 1 aromatic heterocycles. The fourth-order valence-electron chi connectivity index (χ4n) is 2.07. The number of fused-ring (bicyclic) bond motifs is 1. The summed E-state index contributed by atoms with van der Waals surface area (Å²) in [6.45, 7) is 0.958. The van der Waals surface area contributed by atoms with Crippen molar-refractivity contribution in [3.8, 4) is 0 Å². The minimum absolute atomic E-state index is 0.200. The van der Waals surface area contributed by atoms with Gasteiger partial charge in [0.1, 0.15) is 0 Å². The zero-order chi connectivity index (χ0) is 11.5. The summed E-state index contributed by atoms with van der Waals surface area (Å²) in [6, 6.07) is 2.06. The van der Waals surface area contributed by atoms with E-state index in [1.807, 2.05) is 12.4 Å². The average Bonchev–Trinajstić information content (AvgIpc) is 2.65. The highest BCUT2D eigenvalue weighted by Gasteiger charge is 2.25. The Hall–Kier alpha value is -1.19. The minimum Gasteiger partial charge on any atom is -0.376 e. The molecule has 86 valence electrons. The first-order valence-corrected chi connectivity index (χ1v) is 5.53. The van der Waals surface area contributed by atoms with Gasteiger partial charge in [-0.3, -0.25) is 4.98 Å². The molecule has 0 radical (unpaired) electrons. The van der Waals surface area contributed by atoms with Gasteiger partial charge in [0.25, 0.3) is 0 Å². The molecule has 0 aliphatic heterocycles. The fraction of sp³-hybridized carbons (Fsp3) is 0.462. The van der Waals surface area contributed by atoms with E-state index in [0.717, 1.165) is 13.0 Å².